The fourth-order valence-corrected chi connectivity index (χ4v) is 5.00. The van der Waals surface area contributed by atoms with Gasteiger partial charge in [-0.25, -0.2) is 9.97 Å². The minimum Gasteiger partial charge on any atom is -0.394 e. The minimum atomic E-state index is -0.901. The summed E-state index contributed by atoms with van der Waals surface area (Å²) in [4.78, 5) is 27.6. The highest BCUT2D eigenvalue weighted by molar-refractivity contribution is 5.88. The summed E-state index contributed by atoms with van der Waals surface area (Å²) >= 11 is 0. The number of amides is 1. The maximum absolute atomic E-state index is 13.4. The number of H-pyrrole nitrogens is 1. The first-order chi connectivity index (χ1) is 15.5. The highest BCUT2D eigenvalue weighted by atomic mass is 16.3. The topological polar surface area (TPSA) is 118 Å². The largest absolute Gasteiger partial charge is 0.394 e. The Morgan fingerprint density at radius 1 is 1.34 bits per heavy atom. The molecule has 2 aromatic heterocycles. The van der Waals surface area contributed by atoms with Gasteiger partial charge >= 0.3 is 0 Å². The number of nitrogens with zero attached hydrogens (tertiary/aromatic N) is 4. The van der Waals surface area contributed by atoms with Crippen LogP contribution < -0.4 is 10.2 Å². The molecule has 8 heteroatoms. The van der Waals surface area contributed by atoms with Gasteiger partial charge in [-0.05, 0) is 55.4 Å². The van der Waals surface area contributed by atoms with Gasteiger partial charge < -0.3 is 20.3 Å². The van der Waals surface area contributed by atoms with Crippen LogP contribution in [0.5, 0.6) is 0 Å². The van der Waals surface area contributed by atoms with E-state index in [-0.39, 0.29) is 23.8 Å². The van der Waals surface area contributed by atoms with Crippen LogP contribution in [0.25, 0.3) is 11.0 Å². The van der Waals surface area contributed by atoms with E-state index in [1.807, 2.05) is 19.2 Å². The van der Waals surface area contributed by atoms with E-state index in [1.165, 1.54) is 0 Å². The van der Waals surface area contributed by atoms with E-state index in [2.05, 4.69) is 31.2 Å². The summed E-state index contributed by atoms with van der Waals surface area (Å²) < 4.78 is 0. The molecule has 8 nitrogen and oxygen atoms in total. The fourth-order valence-electron chi connectivity index (χ4n) is 5.00. The van der Waals surface area contributed by atoms with Crippen LogP contribution in [-0.4, -0.2) is 45.7 Å². The molecule has 2 fully saturated rings. The molecular formula is C24H26N6O2. The lowest BCUT2D eigenvalue weighted by molar-refractivity contribution is -0.130. The smallest absolute Gasteiger partial charge is 0.224 e. The first-order valence-electron chi connectivity index (χ1n) is 10.9. The van der Waals surface area contributed by atoms with Crippen LogP contribution in [0.4, 0.5) is 5.82 Å². The molecule has 1 spiro atoms. The number of fused-ring (bicyclic) bond motifs is 1. The van der Waals surface area contributed by atoms with Gasteiger partial charge in [-0.1, -0.05) is 12.1 Å². The lowest BCUT2D eigenvalue weighted by Crippen LogP contribution is -2.53. The number of nitrogens with one attached hydrogen (secondary N) is 2. The maximum Gasteiger partial charge on any atom is 0.224 e. The number of rotatable bonds is 5. The third-order valence-corrected chi connectivity index (χ3v) is 7.14. The highest BCUT2D eigenvalue weighted by Gasteiger charge is 2.56. The summed E-state index contributed by atoms with van der Waals surface area (Å²) in [6, 6.07) is 11.1. The average molecular weight is 431 g/mol. The van der Waals surface area contributed by atoms with Crippen LogP contribution in [0.15, 0.2) is 42.9 Å². The molecule has 1 saturated heterocycles. The van der Waals surface area contributed by atoms with Crippen molar-refractivity contribution in [2.45, 2.75) is 31.7 Å². The number of anilines is 1. The number of carbonyl (C=O) groups is 1. The van der Waals surface area contributed by atoms with E-state index in [0.717, 1.165) is 54.8 Å². The number of piperidine rings is 1. The Labute approximate surface area is 186 Å². The number of hydrogen-bond donors (Lipinski definition) is 3. The van der Waals surface area contributed by atoms with Crippen molar-refractivity contribution in [2.24, 2.45) is 11.3 Å². The predicted molar refractivity (Wildman–Crippen MR) is 120 cm³/mol. The molecule has 1 aliphatic carbocycles. The number of aliphatic hydroxyl groups excluding tert-OH is 1. The Kier molecular flexibility index (Phi) is 4.86. The van der Waals surface area contributed by atoms with Gasteiger partial charge in [0, 0.05) is 25.2 Å². The summed E-state index contributed by atoms with van der Waals surface area (Å²) in [6.45, 7) is 3.13. The summed E-state index contributed by atoms with van der Waals surface area (Å²) in [6.07, 6.45) is 6.20. The second-order valence-corrected chi connectivity index (χ2v) is 9.23. The van der Waals surface area contributed by atoms with Gasteiger partial charge in [0.2, 0.25) is 5.91 Å². The summed E-state index contributed by atoms with van der Waals surface area (Å²) in [5.41, 5.74) is 1.19. The zero-order chi connectivity index (χ0) is 22.3. The van der Waals surface area contributed by atoms with Crippen molar-refractivity contribution >= 4 is 22.8 Å². The van der Waals surface area contributed by atoms with Gasteiger partial charge in [-0.15, -0.1) is 0 Å². The molecule has 1 saturated carbocycles. The molecule has 1 aromatic carbocycles. The third-order valence-electron chi connectivity index (χ3n) is 7.14. The van der Waals surface area contributed by atoms with Gasteiger partial charge in [-0.3, -0.25) is 4.79 Å². The Morgan fingerprint density at radius 3 is 2.81 bits per heavy atom. The third kappa shape index (κ3) is 3.39. The Bertz CT molecular complexity index is 1190. The molecule has 2 aliphatic rings. The normalized spacial score (nSPS) is 21.2. The lowest BCUT2D eigenvalue weighted by atomic mass is 9.80. The molecule has 32 heavy (non-hydrogen) atoms. The second-order valence-electron chi connectivity index (χ2n) is 9.23. The number of benzene rings is 1. The first kappa shape index (κ1) is 20.5. The molecule has 1 unspecified atom stereocenters. The van der Waals surface area contributed by atoms with Crippen LogP contribution in [0.1, 0.15) is 37.3 Å². The fraction of sp³-hybridized carbons (Fsp3) is 0.417. The van der Waals surface area contributed by atoms with E-state index in [1.54, 1.807) is 30.6 Å². The molecule has 3 heterocycles. The molecule has 0 bridgehead atoms. The maximum atomic E-state index is 13.4. The molecule has 2 atom stereocenters. The second kappa shape index (κ2) is 7.61. The van der Waals surface area contributed by atoms with Crippen molar-refractivity contribution in [2.75, 3.05) is 24.6 Å². The number of aromatic nitrogens is 3. The van der Waals surface area contributed by atoms with Crippen molar-refractivity contribution in [3.63, 3.8) is 0 Å². The van der Waals surface area contributed by atoms with Crippen LogP contribution in [0.3, 0.4) is 0 Å². The number of aliphatic hydroxyl groups is 1. The molecule has 1 aliphatic heterocycles. The number of hydrogen-bond acceptors (Lipinski definition) is 6. The van der Waals surface area contributed by atoms with Crippen molar-refractivity contribution in [1.29, 1.82) is 5.26 Å². The lowest BCUT2D eigenvalue weighted by Gasteiger charge is -2.41. The van der Waals surface area contributed by atoms with Gasteiger partial charge in [-0.2, -0.15) is 5.26 Å². The molecule has 3 aromatic rings. The van der Waals surface area contributed by atoms with Gasteiger partial charge in [0.25, 0.3) is 0 Å². The van der Waals surface area contributed by atoms with Crippen molar-refractivity contribution in [3.05, 3.63) is 54.0 Å². The molecular weight excluding hydrogens is 404 g/mol. The Morgan fingerprint density at radius 2 is 2.12 bits per heavy atom. The van der Waals surface area contributed by atoms with E-state index in [4.69, 9.17) is 5.26 Å². The Balaban J connectivity index is 1.34. The molecule has 3 N–H and O–H groups in total. The molecule has 5 rings (SSSR count). The summed E-state index contributed by atoms with van der Waals surface area (Å²) in [5.74, 6) is 0.795. The SMILES string of the molecule is C[C@](CO)(NC(=O)C1CCN(c2ncnc3[nH]ccc23)CC12CC2)c1ccc(C#N)cc1. The zero-order valence-corrected chi connectivity index (χ0v) is 18.0. The van der Waals surface area contributed by atoms with E-state index in [9.17, 15) is 9.90 Å². The van der Waals surface area contributed by atoms with Crippen molar-refractivity contribution < 1.29 is 9.90 Å². The van der Waals surface area contributed by atoms with Crippen LogP contribution in [0, 0.1) is 22.7 Å². The monoisotopic (exact) mass is 430 g/mol. The van der Waals surface area contributed by atoms with Gasteiger partial charge in [0.05, 0.1) is 29.2 Å². The van der Waals surface area contributed by atoms with Crippen LogP contribution in [-0.2, 0) is 10.3 Å². The van der Waals surface area contributed by atoms with Gasteiger partial charge in [0.15, 0.2) is 0 Å². The van der Waals surface area contributed by atoms with E-state index in [0.29, 0.717) is 5.56 Å². The van der Waals surface area contributed by atoms with Gasteiger partial charge in [0.1, 0.15) is 17.8 Å². The minimum absolute atomic E-state index is 0.0162. The summed E-state index contributed by atoms with van der Waals surface area (Å²) in [5, 5.41) is 23.3. The van der Waals surface area contributed by atoms with E-state index < -0.39 is 5.54 Å². The van der Waals surface area contributed by atoms with Crippen molar-refractivity contribution in [1.82, 2.24) is 20.3 Å². The standard InChI is InChI=1S/C24H26N6O2/c1-23(14-31,17-4-2-16(12-25)3-5-17)29-22(32)19-7-11-30(13-24(19)8-9-24)21-18-6-10-26-20(18)27-15-28-21/h2-6,10,15,19,31H,7-9,11,13-14H2,1H3,(H,29,32)(H,26,27,28)/t19?,23-/m1/s1. The Hall–Kier alpha value is -3.44. The van der Waals surface area contributed by atoms with Crippen molar-refractivity contribution in [3.8, 4) is 6.07 Å². The highest BCUT2D eigenvalue weighted by Crippen LogP contribution is 2.56. The first-order valence-corrected chi connectivity index (χ1v) is 10.9. The van der Waals surface area contributed by atoms with Crippen LogP contribution in [0.2, 0.25) is 0 Å². The molecule has 164 valence electrons. The quantitative estimate of drug-likeness (QED) is 0.572. The van der Waals surface area contributed by atoms with E-state index >= 15 is 0 Å². The summed E-state index contributed by atoms with van der Waals surface area (Å²) in [7, 11) is 0. The zero-order valence-electron chi connectivity index (χ0n) is 18.0. The van der Waals surface area contributed by atoms with Crippen LogP contribution >= 0.6 is 0 Å². The number of nitriles is 1. The average Bonchev–Trinajstić information content (AvgIpc) is 3.40. The molecule has 0 radical (unpaired) electrons. The number of aromatic amines is 1. The molecule has 1 amide bonds. The predicted octanol–water partition coefficient (Wildman–Crippen LogP) is 2.46. The number of carbonyl (C=O) groups excluding carboxylic acids is 1.